The highest BCUT2D eigenvalue weighted by Gasteiger charge is 2.19. The molecule has 3 N–H and O–H groups in total. The average Bonchev–Trinajstić information content (AvgIpc) is 2.80. The lowest BCUT2D eigenvalue weighted by Crippen LogP contribution is -2.14. The molecule has 0 amide bonds. The summed E-state index contributed by atoms with van der Waals surface area (Å²) in [6, 6.07) is 17.7. The number of halogens is 2. The van der Waals surface area contributed by atoms with Crippen molar-refractivity contribution in [2.24, 2.45) is 0 Å². The molecule has 35 heavy (non-hydrogen) atoms. The molecule has 0 radical (unpaired) electrons. The first-order valence-corrected chi connectivity index (χ1v) is 11.8. The summed E-state index contributed by atoms with van der Waals surface area (Å²) in [7, 11) is -2.63. The van der Waals surface area contributed by atoms with Gasteiger partial charge < -0.3 is 15.4 Å². The van der Waals surface area contributed by atoms with Gasteiger partial charge in [0.1, 0.15) is 28.1 Å². The Hall–Kier alpha value is -4.25. The molecule has 0 saturated heterocycles. The van der Waals surface area contributed by atoms with E-state index in [0.717, 1.165) is 29.3 Å². The summed E-state index contributed by atoms with van der Waals surface area (Å²) in [5.74, 6) is -0.382. The van der Waals surface area contributed by atoms with E-state index in [-0.39, 0.29) is 5.69 Å². The van der Waals surface area contributed by atoms with Crippen molar-refractivity contribution in [3.05, 3.63) is 90.1 Å². The van der Waals surface area contributed by atoms with Crippen LogP contribution in [0.3, 0.4) is 0 Å². The predicted molar refractivity (Wildman–Crippen MR) is 130 cm³/mol. The van der Waals surface area contributed by atoms with Gasteiger partial charge in [0, 0.05) is 34.9 Å². The maximum Gasteiger partial charge on any atom is 0.264 e. The molecule has 0 aliphatic heterocycles. The summed E-state index contributed by atoms with van der Waals surface area (Å²) in [4.78, 5) is 8.18. The Kier molecular flexibility index (Phi) is 6.78. The number of hydrogen-bond donors (Lipinski definition) is 3. The van der Waals surface area contributed by atoms with E-state index in [0.29, 0.717) is 23.5 Å². The van der Waals surface area contributed by atoms with Crippen LogP contribution in [0.1, 0.15) is 5.69 Å². The van der Waals surface area contributed by atoms with E-state index in [9.17, 15) is 17.2 Å². The Bertz CT molecular complexity index is 1450. The lowest BCUT2D eigenvalue weighted by atomic mass is 10.3. The fourth-order valence-electron chi connectivity index (χ4n) is 3.16. The minimum atomic E-state index is -4.23. The van der Waals surface area contributed by atoms with Gasteiger partial charge >= 0.3 is 0 Å². The Labute approximate surface area is 201 Å². The highest BCUT2D eigenvalue weighted by molar-refractivity contribution is 7.92. The van der Waals surface area contributed by atoms with Crippen LogP contribution in [0.25, 0.3) is 0 Å². The first kappa shape index (κ1) is 23.9. The van der Waals surface area contributed by atoms with Crippen LogP contribution in [0.15, 0.2) is 77.7 Å². The molecule has 0 aliphatic rings. The molecule has 11 heteroatoms. The number of methoxy groups -OCH3 is 1. The second kappa shape index (κ2) is 9.94. The number of sulfonamides is 1. The van der Waals surface area contributed by atoms with Gasteiger partial charge in [-0.05, 0) is 67.6 Å². The van der Waals surface area contributed by atoms with Gasteiger partial charge in [-0.15, -0.1) is 0 Å². The van der Waals surface area contributed by atoms with Crippen molar-refractivity contribution in [1.82, 2.24) is 9.97 Å². The van der Waals surface area contributed by atoms with Gasteiger partial charge in [-0.25, -0.2) is 22.2 Å². The van der Waals surface area contributed by atoms with Crippen LogP contribution in [-0.4, -0.2) is 25.5 Å². The molecule has 0 atom stereocenters. The average molecular weight is 498 g/mol. The van der Waals surface area contributed by atoms with Gasteiger partial charge in [0.05, 0.1) is 7.11 Å². The van der Waals surface area contributed by atoms with Crippen LogP contribution < -0.4 is 20.1 Å². The van der Waals surface area contributed by atoms with Gasteiger partial charge in [-0.3, -0.25) is 4.72 Å². The monoisotopic (exact) mass is 497 g/mol. The maximum absolute atomic E-state index is 13.9. The zero-order valence-electron chi connectivity index (χ0n) is 18.7. The van der Waals surface area contributed by atoms with Crippen molar-refractivity contribution in [2.45, 2.75) is 11.8 Å². The maximum atomic E-state index is 13.9. The number of hydrogen-bond acceptors (Lipinski definition) is 7. The molecule has 4 rings (SSSR count). The van der Waals surface area contributed by atoms with Crippen LogP contribution >= 0.6 is 0 Å². The Morgan fingerprint density at radius 3 is 2.09 bits per heavy atom. The molecule has 180 valence electrons. The van der Waals surface area contributed by atoms with Crippen molar-refractivity contribution in [1.29, 1.82) is 0 Å². The zero-order valence-corrected chi connectivity index (χ0v) is 19.5. The summed E-state index contributed by atoms with van der Waals surface area (Å²) >= 11 is 0. The standard InChI is InChI=1S/C24H21F2N5O3S/c1-15-13-23(28-17-8-10-20(34-2)11-9-17)30-24(27-15)29-18-4-6-19(7-5-18)31-35(32,33)22-12-3-16(25)14-21(22)26/h3-14,31H,1-2H3,(H2,27,28,29,30). The topological polar surface area (TPSA) is 105 Å². The van der Waals surface area contributed by atoms with Crippen LogP contribution in [0.5, 0.6) is 5.75 Å². The number of anilines is 5. The molecule has 0 fully saturated rings. The van der Waals surface area contributed by atoms with Crippen LogP contribution in [0, 0.1) is 18.6 Å². The van der Waals surface area contributed by atoms with E-state index in [4.69, 9.17) is 4.74 Å². The smallest absolute Gasteiger partial charge is 0.264 e. The number of nitrogens with zero attached hydrogens (tertiary/aromatic N) is 2. The summed E-state index contributed by atoms with van der Waals surface area (Å²) in [5.41, 5.74) is 2.35. The summed E-state index contributed by atoms with van der Waals surface area (Å²) < 4.78 is 59.3. The Morgan fingerprint density at radius 1 is 0.800 bits per heavy atom. The van der Waals surface area contributed by atoms with Crippen molar-refractivity contribution >= 4 is 38.9 Å². The molecular weight excluding hydrogens is 476 g/mol. The summed E-state index contributed by atoms with van der Waals surface area (Å²) in [6.07, 6.45) is 0. The molecule has 3 aromatic carbocycles. The number of rotatable bonds is 8. The lowest BCUT2D eigenvalue weighted by molar-refractivity contribution is 0.415. The van der Waals surface area contributed by atoms with E-state index >= 15 is 0 Å². The fourth-order valence-corrected chi connectivity index (χ4v) is 4.28. The highest BCUT2D eigenvalue weighted by atomic mass is 32.2. The minimum Gasteiger partial charge on any atom is -0.497 e. The molecule has 0 spiro atoms. The van der Waals surface area contributed by atoms with E-state index in [2.05, 4.69) is 25.3 Å². The summed E-state index contributed by atoms with van der Waals surface area (Å²) in [5, 5.41) is 6.27. The Balaban J connectivity index is 1.46. The van der Waals surface area contributed by atoms with Crippen molar-refractivity contribution in [3.63, 3.8) is 0 Å². The normalized spacial score (nSPS) is 11.1. The molecule has 4 aromatic rings. The minimum absolute atomic E-state index is 0.200. The SMILES string of the molecule is COc1ccc(Nc2cc(C)nc(Nc3ccc(NS(=O)(=O)c4ccc(F)cc4F)cc3)n2)cc1. The van der Waals surface area contributed by atoms with Crippen LogP contribution in [-0.2, 0) is 10.0 Å². The van der Waals surface area contributed by atoms with Crippen LogP contribution in [0.2, 0.25) is 0 Å². The molecule has 8 nitrogen and oxygen atoms in total. The predicted octanol–water partition coefficient (Wildman–Crippen LogP) is 5.36. The third-order valence-corrected chi connectivity index (χ3v) is 6.21. The lowest BCUT2D eigenvalue weighted by Gasteiger charge is -2.12. The first-order valence-electron chi connectivity index (χ1n) is 10.3. The number of benzene rings is 3. The highest BCUT2D eigenvalue weighted by Crippen LogP contribution is 2.24. The van der Waals surface area contributed by atoms with E-state index < -0.39 is 26.6 Å². The van der Waals surface area contributed by atoms with Gasteiger partial charge in [-0.1, -0.05) is 0 Å². The molecule has 0 unspecified atom stereocenters. The molecule has 0 saturated carbocycles. The molecule has 1 heterocycles. The van der Waals surface area contributed by atoms with E-state index in [1.54, 1.807) is 25.3 Å². The number of aromatic nitrogens is 2. The largest absolute Gasteiger partial charge is 0.497 e. The van der Waals surface area contributed by atoms with Crippen molar-refractivity contribution < 1.29 is 21.9 Å². The molecule has 0 bridgehead atoms. The number of nitrogens with one attached hydrogen (secondary N) is 3. The Morgan fingerprint density at radius 2 is 1.43 bits per heavy atom. The van der Waals surface area contributed by atoms with Gasteiger partial charge in [0.2, 0.25) is 5.95 Å². The number of ether oxygens (including phenoxy) is 1. The van der Waals surface area contributed by atoms with E-state index in [1.807, 2.05) is 31.2 Å². The first-order chi connectivity index (χ1) is 16.7. The molecule has 0 aliphatic carbocycles. The van der Waals surface area contributed by atoms with Crippen molar-refractivity contribution in [2.75, 3.05) is 22.5 Å². The zero-order chi connectivity index (χ0) is 25.0. The second-order valence-corrected chi connectivity index (χ2v) is 9.11. The third-order valence-electron chi connectivity index (χ3n) is 4.79. The van der Waals surface area contributed by atoms with Gasteiger partial charge in [0.25, 0.3) is 10.0 Å². The fraction of sp³-hybridized carbons (Fsp3) is 0.0833. The van der Waals surface area contributed by atoms with Gasteiger partial charge in [0.15, 0.2) is 0 Å². The second-order valence-electron chi connectivity index (χ2n) is 7.45. The van der Waals surface area contributed by atoms with Crippen molar-refractivity contribution in [3.8, 4) is 5.75 Å². The van der Waals surface area contributed by atoms with Crippen LogP contribution in [0.4, 0.5) is 37.6 Å². The van der Waals surface area contributed by atoms with Gasteiger partial charge in [-0.2, -0.15) is 4.98 Å². The number of aryl methyl sites for hydroxylation is 1. The third kappa shape index (κ3) is 6.01. The quantitative estimate of drug-likeness (QED) is 0.301. The summed E-state index contributed by atoms with van der Waals surface area (Å²) in [6.45, 7) is 1.83. The molecular formula is C24H21F2N5O3S. The van der Waals surface area contributed by atoms with E-state index in [1.165, 1.54) is 12.1 Å². The molecule has 1 aromatic heterocycles.